The fraction of sp³-hybridized carbons (Fsp3) is 0.263. The van der Waals surface area contributed by atoms with Gasteiger partial charge in [-0.3, -0.25) is 4.99 Å². The largest absolute Gasteiger partial charge is 0.490 e. The first-order valence-corrected chi connectivity index (χ1v) is 7.60. The van der Waals surface area contributed by atoms with Gasteiger partial charge in [-0.2, -0.15) is 5.26 Å². The van der Waals surface area contributed by atoms with Crippen molar-refractivity contribution in [3.8, 4) is 17.6 Å². The molecule has 0 spiro atoms. The Hall–Kier alpha value is -2.80. The minimum Gasteiger partial charge on any atom is -0.490 e. The van der Waals surface area contributed by atoms with Crippen LogP contribution >= 0.6 is 0 Å². The van der Waals surface area contributed by atoms with E-state index in [0.29, 0.717) is 17.9 Å². The zero-order chi connectivity index (χ0) is 16.7. The van der Waals surface area contributed by atoms with Crippen LogP contribution in [0.2, 0.25) is 0 Å². The first-order valence-electron chi connectivity index (χ1n) is 7.60. The summed E-state index contributed by atoms with van der Waals surface area (Å²) in [6, 6.07) is 15.0. The Kier molecular flexibility index (Phi) is 5.76. The summed E-state index contributed by atoms with van der Waals surface area (Å²) in [7, 11) is 0. The number of nitriles is 1. The maximum absolute atomic E-state index is 8.79. The number of aliphatic imine (C=N–C) groups is 1. The van der Waals surface area contributed by atoms with Crippen molar-refractivity contribution >= 4 is 11.9 Å². The lowest BCUT2D eigenvalue weighted by atomic mass is 10.2. The van der Waals surface area contributed by atoms with Crippen molar-refractivity contribution in [1.82, 2.24) is 0 Å². The van der Waals surface area contributed by atoms with Crippen LogP contribution in [0.5, 0.6) is 11.5 Å². The average Bonchev–Trinajstić information content (AvgIpc) is 2.55. The molecule has 0 amide bonds. The molecule has 4 nitrogen and oxygen atoms in total. The Morgan fingerprint density at radius 1 is 1.13 bits per heavy atom. The molecule has 118 valence electrons. The highest BCUT2D eigenvalue weighted by Crippen LogP contribution is 2.29. The Morgan fingerprint density at radius 3 is 2.48 bits per heavy atom. The van der Waals surface area contributed by atoms with Gasteiger partial charge in [0.1, 0.15) is 0 Å². The molecule has 0 aliphatic rings. The predicted molar refractivity (Wildman–Crippen MR) is 91.8 cm³/mol. The molecule has 2 aromatic carbocycles. The van der Waals surface area contributed by atoms with Gasteiger partial charge >= 0.3 is 0 Å². The van der Waals surface area contributed by atoms with Crippen molar-refractivity contribution in [2.45, 2.75) is 26.9 Å². The first-order chi connectivity index (χ1) is 11.1. The van der Waals surface area contributed by atoms with E-state index < -0.39 is 0 Å². The lowest BCUT2D eigenvalue weighted by Crippen LogP contribution is -2.07. The van der Waals surface area contributed by atoms with Crippen molar-refractivity contribution in [1.29, 1.82) is 5.26 Å². The monoisotopic (exact) mass is 308 g/mol. The molecule has 0 radical (unpaired) electrons. The van der Waals surface area contributed by atoms with E-state index in [4.69, 9.17) is 14.7 Å². The van der Waals surface area contributed by atoms with Crippen molar-refractivity contribution in [2.75, 3.05) is 6.61 Å². The van der Waals surface area contributed by atoms with E-state index in [1.807, 2.05) is 51.1 Å². The highest BCUT2D eigenvalue weighted by Gasteiger charge is 2.07. The Balaban J connectivity index is 2.20. The minimum absolute atomic E-state index is 0.0902. The van der Waals surface area contributed by atoms with E-state index >= 15 is 0 Å². The van der Waals surface area contributed by atoms with Crippen molar-refractivity contribution < 1.29 is 9.47 Å². The summed E-state index contributed by atoms with van der Waals surface area (Å²) in [6.45, 7) is 6.48. The average molecular weight is 308 g/mol. The van der Waals surface area contributed by atoms with Gasteiger partial charge in [-0.25, -0.2) is 0 Å². The Labute approximate surface area is 137 Å². The molecular weight excluding hydrogens is 288 g/mol. The predicted octanol–water partition coefficient (Wildman–Crippen LogP) is 4.49. The first kappa shape index (κ1) is 16.6. The van der Waals surface area contributed by atoms with E-state index in [9.17, 15) is 0 Å². The summed E-state index contributed by atoms with van der Waals surface area (Å²) < 4.78 is 11.4. The molecule has 0 aliphatic heterocycles. The van der Waals surface area contributed by atoms with Crippen LogP contribution in [0.4, 0.5) is 5.69 Å². The summed E-state index contributed by atoms with van der Waals surface area (Å²) in [4.78, 5) is 4.41. The summed E-state index contributed by atoms with van der Waals surface area (Å²) in [5.74, 6) is 1.45. The SMILES string of the molecule is CCOc1cc(/C=N/c2ccc(C#N)cc2)ccc1OC(C)C. The third-order valence-corrected chi connectivity index (χ3v) is 2.99. The molecule has 0 N–H and O–H groups in total. The number of hydrogen-bond acceptors (Lipinski definition) is 4. The topological polar surface area (TPSA) is 54.6 Å². The van der Waals surface area contributed by atoms with E-state index in [1.165, 1.54) is 0 Å². The molecule has 0 saturated heterocycles. The minimum atomic E-state index is 0.0902. The van der Waals surface area contributed by atoms with Gasteiger partial charge < -0.3 is 9.47 Å². The standard InChI is InChI=1S/C19H20N2O2/c1-4-22-19-11-16(7-10-18(19)23-14(2)3)13-21-17-8-5-15(12-20)6-9-17/h5-11,13-14H,4H2,1-3H3/b21-13+. The second-order valence-corrected chi connectivity index (χ2v) is 5.22. The van der Waals surface area contributed by atoms with Crippen LogP contribution < -0.4 is 9.47 Å². The molecule has 2 rings (SSSR count). The van der Waals surface area contributed by atoms with Crippen LogP contribution in [0.15, 0.2) is 47.5 Å². The molecule has 0 heterocycles. The third kappa shape index (κ3) is 4.86. The van der Waals surface area contributed by atoms with E-state index in [1.54, 1.807) is 18.3 Å². The fourth-order valence-electron chi connectivity index (χ4n) is 2.00. The van der Waals surface area contributed by atoms with Crippen LogP contribution in [-0.4, -0.2) is 18.9 Å². The van der Waals surface area contributed by atoms with E-state index in [0.717, 1.165) is 17.0 Å². The normalized spacial score (nSPS) is 10.7. The molecule has 2 aromatic rings. The quantitative estimate of drug-likeness (QED) is 0.738. The highest BCUT2D eigenvalue weighted by atomic mass is 16.5. The zero-order valence-electron chi connectivity index (χ0n) is 13.6. The number of ether oxygens (including phenoxy) is 2. The lowest BCUT2D eigenvalue weighted by Gasteiger charge is -2.14. The smallest absolute Gasteiger partial charge is 0.161 e. The number of nitrogens with zero attached hydrogens (tertiary/aromatic N) is 2. The van der Waals surface area contributed by atoms with Crippen molar-refractivity contribution in [3.63, 3.8) is 0 Å². The number of benzene rings is 2. The van der Waals surface area contributed by atoms with Gasteiger partial charge in [0.2, 0.25) is 0 Å². The fourth-order valence-corrected chi connectivity index (χ4v) is 2.00. The van der Waals surface area contributed by atoms with Crippen LogP contribution in [0.3, 0.4) is 0 Å². The van der Waals surface area contributed by atoms with Gasteiger partial charge in [-0.15, -0.1) is 0 Å². The summed E-state index contributed by atoms with van der Waals surface area (Å²) in [5.41, 5.74) is 2.34. The summed E-state index contributed by atoms with van der Waals surface area (Å²) in [6.07, 6.45) is 1.86. The summed E-state index contributed by atoms with van der Waals surface area (Å²) in [5, 5.41) is 8.79. The Bertz CT molecular complexity index is 713. The van der Waals surface area contributed by atoms with Gasteiger partial charge in [-0.05, 0) is 68.8 Å². The molecule has 0 unspecified atom stereocenters. The zero-order valence-corrected chi connectivity index (χ0v) is 13.6. The number of hydrogen-bond donors (Lipinski definition) is 0. The van der Waals surface area contributed by atoms with Crippen LogP contribution in [0.1, 0.15) is 31.9 Å². The second kappa shape index (κ2) is 8.00. The highest BCUT2D eigenvalue weighted by molar-refractivity contribution is 5.83. The second-order valence-electron chi connectivity index (χ2n) is 5.22. The molecule has 23 heavy (non-hydrogen) atoms. The van der Waals surface area contributed by atoms with E-state index in [-0.39, 0.29) is 6.10 Å². The molecular formula is C19H20N2O2. The van der Waals surface area contributed by atoms with E-state index in [2.05, 4.69) is 11.1 Å². The molecule has 0 atom stereocenters. The maximum Gasteiger partial charge on any atom is 0.161 e. The number of rotatable bonds is 6. The molecule has 0 aliphatic carbocycles. The van der Waals surface area contributed by atoms with Gasteiger partial charge in [0, 0.05) is 6.21 Å². The molecule has 4 heteroatoms. The molecule has 0 aromatic heterocycles. The van der Waals surface area contributed by atoms with Crippen LogP contribution in [0, 0.1) is 11.3 Å². The van der Waals surface area contributed by atoms with Gasteiger partial charge in [-0.1, -0.05) is 0 Å². The lowest BCUT2D eigenvalue weighted by molar-refractivity contribution is 0.224. The third-order valence-electron chi connectivity index (χ3n) is 2.99. The maximum atomic E-state index is 8.79. The molecule has 0 bridgehead atoms. The van der Waals surface area contributed by atoms with Crippen molar-refractivity contribution in [3.05, 3.63) is 53.6 Å². The Morgan fingerprint density at radius 2 is 1.87 bits per heavy atom. The molecule has 0 saturated carbocycles. The van der Waals surface area contributed by atoms with Crippen LogP contribution in [0.25, 0.3) is 0 Å². The van der Waals surface area contributed by atoms with Crippen molar-refractivity contribution in [2.24, 2.45) is 4.99 Å². The van der Waals surface area contributed by atoms with Gasteiger partial charge in [0.25, 0.3) is 0 Å². The van der Waals surface area contributed by atoms with Gasteiger partial charge in [0.15, 0.2) is 11.5 Å². The molecule has 0 fully saturated rings. The van der Waals surface area contributed by atoms with Crippen LogP contribution in [-0.2, 0) is 0 Å². The summed E-state index contributed by atoms with van der Waals surface area (Å²) >= 11 is 0. The van der Waals surface area contributed by atoms with Gasteiger partial charge in [0.05, 0.1) is 30.0 Å².